The van der Waals surface area contributed by atoms with Crippen LogP contribution < -0.4 is 10.1 Å². The summed E-state index contributed by atoms with van der Waals surface area (Å²) in [5.74, 6) is 1.89. The van der Waals surface area contributed by atoms with Crippen molar-refractivity contribution in [3.63, 3.8) is 0 Å². The zero-order valence-electron chi connectivity index (χ0n) is 12.8. The van der Waals surface area contributed by atoms with Crippen LogP contribution in [0.25, 0.3) is 0 Å². The molecule has 3 saturated heterocycles. The Kier molecular flexibility index (Phi) is 5.19. The lowest BCUT2D eigenvalue weighted by Crippen LogP contribution is -2.55. The maximum atomic E-state index is 5.87. The molecule has 21 heavy (non-hydrogen) atoms. The molecule has 0 amide bonds. The van der Waals surface area contributed by atoms with Crippen molar-refractivity contribution in [2.24, 2.45) is 5.92 Å². The summed E-state index contributed by atoms with van der Waals surface area (Å²) in [6, 6.07) is 6.96. The third-order valence-electron chi connectivity index (χ3n) is 4.70. The second-order valence-corrected chi connectivity index (χ2v) is 7.14. The summed E-state index contributed by atoms with van der Waals surface area (Å²) in [6.07, 6.45) is 3.76. The molecule has 3 heterocycles. The minimum atomic E-state index is 0.644. The highest BCUT2D eigenvalue weighted by molar-refractivity contribution is 9.10. The third-order valence-corrected chi connectivity index (χ3v) is 5.19. The molecule has 3 aliphatic rings. The summed E-state index contributed by atoms with van der Waals surface area (Å²) in [4.78, 5) is 2.59. The molecule has 0 spiro atoms. The quantitative estimate of drug-likeness (QED) is 0.848. The molecule has 4 heteroatoms. The molecule has 116 valence electrons. The van der Waals surface area contributed by atoms with Gasteiger partial charge >= 0.3 is 0 Å². The third kappa shape index (κ3) is 3.79. The Labute approximate surface area is 136 Å². The smallest absolute Gasteiger partial charge is 0.123 e. The molecule has 0 radical (unpaired) electrons. The number of nitrogens with one attached hydrogen (secondary N) is 1. The van der Waals surface area contributed by atoms with Crippen LogP contribution in [0.5, 0.6) is 5.75 Å². The Hall–Kier alpha value is -0.580. The van der Waals surface area contributed by atoms with E-state index in [2.05, 4.69) is 51.3 Å². The van der Waals surface area contributed by atoms with Crippen molar-refractivity contribution in [2.75, 3.05) is 26.2 Å². The van der Waals surface area contributed by atoms with Gasteiger partial charge in [-0.2, -0.15) is 0 Å². The molecule has 0 saturated carbocycles. The molecule has 1 atom stereocenters. The lowest BCUT2D eigenvalue weighted by molar-refractivity contribution is 0.0719. The van der Waals surface area contributed by atoms with Crippen molar-refractivity contribution < 1.29 is 4.74 Å². The van der Waals surface area contributed by atoms with E-state index in [0.717, 1.165) is 35.7 Å². The van der Waals surface area contributed by atoms with E-state index in [1.165, 1.54) is 38.0 Å². The predicted molar refractivity (Wildman–Crippen MR) is 89.7 cm³/mol. The molecular formula is C17H25BrN2O. The van der Waals surface area contributed by atoms with Crippen LogP contribution >= 0.6 is 15.9 Å². The van der Waals surface area contributed by atoms with Gasteiger partial charge in [0.15, 0.2) is 0 Å². The van der Waals surface area contributed by atoms with Gasteiger partial charge in [-0.3, -0.25) is 0 Å². The van der Waals surface area contributed by atoms with Gasteiger partial charge in [0.05, 0.1) is 6.61 Å². The van der Waals surface area contributed by atoms with Crippen LogP contribution in [0.1, 0.15) is 31.7 Å². The van der Waals surface area contributed by atoms with E-state index < -0.39 is 0 Å². The highest BCUT2D eigenvalue weighted by atomic mass is 79.9. The first-order valence-corrected chi connectivity index (χ1v) is 8.92. The van der Waals surface area contributed by atoms with Gasteiger partial charge in [0.1, 0.15) is 5.75 Å². The Morgan fingerprint density at radius 2 is 2.14 bits per heavy atom. The topological polar surface area (TPSA) is 24.5 Å². The van der Waals surface area contributed by atoms with Crippen molar-refractivity contribution in [3.8, 4) is 5.75 Å². The fourth-order valence-electron chi connectivity index (χ4n) is 3.48. The predicted octanol–water partition coefficient (Wildman–Crippen LogP) is 3.42. The van der Waals surface area contributed by atoms with Crippen molar-refractivity contribution in [2.45, 2.75) is 38.8 Å². The van der Waals surface area contributed by atoms with E-state index in [9.17, 15) is 0 Å². The zero-order valence-corrected chi connectivity index (χ0v) is 14.4. The van der Waals surface area contributed by atoms with Gasteiger partial charge in [0.2, 0.25) is 0 Å². The van der Waals surface area contributed by atoms with Crippen LogP contribution in [-0.2, 0) is 6.54 Å². The van der Waals surface area contributed by atoms with Crippen LogP contribution in [0.3, 0.4) is 0 Å². The van der Waals surface area contributed by atoms with E-state index in [0.29, 0.717) is 6.04 Å². The fourth-order valence-corrected chi connectivity index (χ4v) is 3.88. The average molecular weight is 353 g/mol. The molecule has 1 N–H and O–H groups in total. The summed E-state index contributed by atoms with van der Waals surface area (Å²) in [5, 5.41) is 3.77. The Morgan fingerprint density at radius 3 is 2.81 bits per heavy atom. The molecule has 3 fully saturated rings. The van der Waals surface area contributed by atoms with E-state index in [-0.39, 0.29) is 0 Å². The minimum absolute atomic E-state index is 0.644. The number of piperidine rings is 3. The number of halogens is 1. The van der Waals surface area contributed by atoms with Crippen LogP contribution in [0.4, 0.5) is 0 Å². The molecule has 3 aliphatic heterocycles. The number of rotatable bonds is 6. The highest BCUT2D eigenvalue weighted by Gasteiger charge is 2.33. The molecule has 4 rings (SSSR count). The Bertz CT molecular complexity index is 472. The number of nitrogens with zero attached hydrogens (tertiary/aromatic N) is 1. The first kappa shape index (κ1) is 15.3. The van der Waals surface area contributed by atoms with Crippen molar-refractivity contribution in [3.05, 3.63) is 28.2 Å². The number of hydrogen-bond acceptors (Lipinski definition) is 3. The first-order chi connectivity index (χ1) is 10.3. The number of benzene rings is 1. The molecule has 1 aromatic carbocycles. The summed E-state index contributed by atoms with van der Waals surface area (Å²) in [6.45, 7) is 7.63. The maximum absolute atomic E-state index is 5.87. The largest absolute Gasteiger partial charge is 0.493 e. The van der Waals surface area contributed by atoms with Gasteiger partial charge < -0.3 is 15.0 Å². The lowest BCUT2D eigenvalue weighted by atomic mass is 9.84. The Morgan fingerprint density at radius 1 is 1.33 bits per heavy atom. The second kappa shape index (κ2) is 7.12. The minimum Gasteiger partial charge on any atom is -0.493 e. The molecule has 2 bridgehead atoms. The monoisotopic (exact) mass is 352 g/mol. The van der Waals surface area contributed by atoms with Gasteiger partial charge in [-0.25, -0.2) is 0 Å². The van der Waals surface area contributed by atoms with Gasteiger partial charge in [0.25, 0.3) is 0 Å². The van der Waals surface area contributed by atoms with Crippen molar-refractivity contribution in [1.82, 2.24) is 10.2 Å². The number of fused-ring (bicyclic) bond motifs is 3. The van der Waals surface area contributed by atoms with Gasteiger partial charge in [-0.05, 0) is 56.5 Å². The lowest BCUT2D eigenvalue weighted by Gasteiger charge is -2.45. The van der Waals surface area contributed by atoms with E-state index >= 15 is 0 Å². The highest BCUT2D eigenvalue weighted by Crippen LogP contribution is 2.29. The standard InChI is InChI=1S/C17H25BrN2O/c1-2-9-21-17-4-3-15(18)10-14(17)11-19-16-12-20-7-5-13(16)6-8-20/h3-4,10,13,16,19H,2,5-9,11-12H2,1H3. The van der Waals surface area contributed by atoms with Crippen LogP contribution in [0.15, 0.2) is 22.7 Å². The summed E-state index contributed by atoms with van der Waals surface area (Å²) in [7, 11) is 0. The normalized spacial score (nSPS) is 27.8. The maximum Gasteiger partial charge on any atom is 0.123 e. The van der Waals surface area contributed by atoms with E-state index in [4.69, 9.17) is 4.74 Å². The van der Waals surface area contributed by atoms with Crippen LogP contribution in [0.2, 0.25) is 0 Å². The summed E-state index contributed by atoms with van der Waals surface area (Å²) in [5.41, 5.74) is 1.26. The van der Waals surface area contributed by atoms with Crippen LogP contribution in [0, 0.1) is 5.92 Å². The van der Waals surface area contributed by atoms with Gasteiger partial charge in [0, 0.05) is 29.2 Å². The Balaban J connectivity index is 1.62. The molecule has 1 unspecified atom stereocenters. The molecule has 1 aromatic rings. The number of ether oxygens (including phenoxy) is 1. The number of hydrogen-bond donors (Lipinski definition) is 1. The van der Waals surface area contributed by atoms with Crippen molar-refractivity contribution in [1.29, 1.82) is 0 Å². The van der Waals surface area contributed by atoms with Gasteiger partial charge in [-0.1, -0.05) is 22.9 Å². The summed E-state index contributed by atoms with van der Waals surface area (Å²) >= 11 is 3.57. The average Bonchev–Trinajstić information content (AvgIpc) is 2.53. The molecular weight excluding hydrogens is 328 g/mol. The molecule has 3 nitrogen and oxygen atoms in total. The van der Waals surface area contributed by atoms with E-state index in [1.54, 1.807) is 0 Å². The van der Waals surface area contributed by atoms with Gasteiger partial charge in [-0.15, -0.1) is 0 Å². The first-order valence-electron chi connectivity index (χ1n) is 8.13. The van der Waals surface area contributed by atoms with E-state index in [1.807, 2.05) is 0 Å². The van der Waals surface area contributed by atoms with Crippen molar-refractivity contribution >= 4 is 15.9 Å². The summed E-state index contributed by atoms with van der Waals surface area (Å²) < 4.78 is 6.99. The molecule has 0 aliphatic carbocycles. The zero-order chi connectivity index (χ0) is 14.7. The fraction of sp³-hybridized carbons (Fsp3) is 0.647. The SMILES string of the molecule is CCCOc1ccc(Br)cc1CNC1CN2CCC1CC2. The second-order valence-electron chi connectivity index (χ2n) is 6.23. The van der Waals surface area contributed by atoms with Crippen LogP contribution in [-0.4, -0.2) is 37.2 Å². The molecule has 0 aromatic heterocycles.